The highest BCUT2D eigenvalue weighted by atomic mass is 16.5. The van der Waals surface area contributed by atoms with Crippen molar-refractivity contribution in [1.82, 2.24) is 5.32 Å². The third-order valence-corrected chi connectivity index (χ3v) is 2.91. The van der Waals surface area contributed by atoms with Crippen LogP contribution in [0.4, 0.5) is 0 Å². The van der Waals surface area contributed by atoms with Gasteiger partial charge in [-0.05, 0) is 41.5 Å². The van der Waals surface area contributed by atoms with Crippen LogP contribution in [0, 0.1) is 0 Å². The molecule has 0 aliphatic rings. The van der Waals surface area contributed by atoms with Gasteiger partial charge in [0.25, 0.3) is 0 Å². The minimum Gasteiger partial charge on any atom is -0.466 e. The second-order valence-corrected chi connectivity index (χ2v) is 5.24. The maximum atomic E-state index is 11.3. The third kappa shape index (κ3) is 4.94. The maximum Gasteiger partial charge on any atom is 0.307 e. The van der Waals surface area contributed by atoms with Crippen molar-refractivity contribution in [2.45, 2.75) is 65.1 Å². The molecule has 0 aliphatic carbocycles. The Morgan fingerprint density at radius 2 is 1.88 bits per heavy atom. The topological polar surface area (TPSA) is 58.6 Å². The van der Waals surface area contributed by atoms with Crippen molar-refractivity contribution in [2.75, 3.05) is 6.61 Å². The molecule has 1 unspecified atom stereocenters. The van der Waals surface area contributed by atoms with Crippen LogP contribution in [0.3, 0.4) is 0 Å². The van der Waals surface area contributed by atoms with Gasteiger partial charge in [0.15, 0.2) is 0 Å². The van der Waals surface area contributed by atoms with Gasteiger partial charge in [-0.1, -0.05) is 0 Å². The zero-order chi connectivity index (χ0) is 13.0. The Bertz CT molecular complexity index is 231. The summed E-state index contributed by atoms with van der Waals surface area (Å²) in [5.74, 6) is -0.214. The van der Waals surface area contributed by atoms with E-state index in [1.165, 1.54) is 0 Å². The Morgan fingerprint density at radius 3 is 2.25 bits per heavy atom. The van der Waals surface area contributed by atoms with E-state index in [1.54, 1.807) is 20.8 Å². The van der Waals surface area contributed by atoms with Gasteiger partial charge < -0.3 is 15.2 Å². The van der Waals surface area contributed by atoms with Gasteiger partial charge >= 0.3 is 5.97 Å². The lowest BCUT2D eigenvalue weighted by Gasteiger charge is -2.40. The SMILES string of the molecule is CCOC(=O)CC(C)NC(C)(C)C(C)(C)O. The van der Waals surface area contributed by atoms with E-state index in [1.807, 2.05) is 20.8 Å². The standard InChI is InChI=1S/C12H25NO3/c1-7-16-10(14)8-9(2)13-11(3,4)12(5,6)15/h9,13,15H,7-8H2,1-6H3. The number of nitrogens with one attached hydrogen (secondary N) is 1. The van der Waals surface area contributed by atoms with Gasteiger partial charge in [0.2, 0.25) is 0 Å². The summed E-state index contributed by atoms with van der Waals surface area (Å²) in [7, 11) is 0. The molecule has 0 aromatic carbocycles. The summed E-state index contributed by atoms with van der Waals surface area (Å²) in [5, 5.41) is 13.2. The van der Waals surface area contributed by atoms with E-state index >= 15 is 0 Å². The average molecular weight is 231 g/mol. The predicted octanol–water partition coefficient (Wildman–Crippen LogP) is 1.47. The Balaban J connectivity index is 4.24. The molecule has 96 valence electrons. The number of aliphatic hydroxyl groups is 1. The van der Waals surface area contributed by atoms with Gasteiger partial charge in [0.05, 0.1) is 18.6 Å². The van der Waals surface area contributed by atoms with Crippen LogP contribution >= 0.6 is 0 Å². The maximum absolute atomic E-state index is 11.3. The first-order valence-electron chi connectivity index (χ1n) is 5.76. The van der Waals surface area contributed by atoms with Crippen LogP contribution in [0.2, 0.25) is 0 Å². The fraction of sp³-hybridized carbons (Fsp3) is 0.917. The molecule has 0 rings (SSSR count). The highest BCUT2D eigenvalue weighted by Gasteiger charge is 2.35. The highest BCUT2D eigenvalue weighted by molar-refractivity contribution is 5.70. The van der Waals surface area contributed by atoms with Gasteiger partial charge in [-0.3, -0.25) is 4.79 Å². The van der Waals surface area contributed by atoms with Crippen LogP contribution in [-0.4, -0.2) is 34.9 Å². The zero-order valence-corrected chi connectivity index (χ0v) is 11.3. The number of rotatable bonds is 6. The summed E-state index contributed by atoms with van der Waals surface area (Å²) in [6.45, 7) is 11.4. The molecule has 0 spiro atoms. The van der Waals surface area contributed by atoms with E-state index in [9.17, 15) is 9.90 Å². The van der Waals surface area contributed by atoms with Gasteiger partial charge in [0, 0.05) is 11.6 Å². The van der Waals surface area contributed by atoms with Crippen molar-refractivity contribution in [2.24, 2.45) is 0 Å². The van der Waals surface area contributed by atoms with Gasteiger partial charge in [0.1, 0.15) is 0 Å². The van der Waals surface area contributed by atoms with Crippen LogP contribution in [0.15, 0.2) is 0 Å². The Kier molecular flexibility index (Phi) is 5.42. The lowest BCUT2D eigenvalue weighted by molar-refractivity contribution is -0.143. The molecule has 0 radical (unpaired) electrons. The molecule has 4 heteroatoms. The fourth-order valence-corrected chi connectivity index (χ4v) is 1.31. The van der Waals surface area contributed by atoms with E-state index in [4.69, 9.17) is 4.74 Å². The minimum atomic E-state index is -0.851. The van der Waals surface area contributed by atoms with E-state index in [0.717, 1.165) is 0 Å². The summed E-state index contributed by atoms with van der Waals surface area (Å²) >= 11 is 0. The number of carbonyl (C=O) groups excluding carboxylic acids is 1. The molecule has 0 amide bonds. The number of carbonyl (C=O) groups is 1. The first-order chi connectivity index (χ1) is 7.10. The largest absolute Gasteiger partial charge is 0.466 e. The van der Waals surface area contributed by atoms with Gasteiger partial charge in [-0.2, -0.15) is 0 Å². The fourth-order valence-electron chi connectivity index (χ4n) is 1.31. The summed E-state index contributed by atoms with van der Waals surface area (Å²) in [6, 6.07) is -0.0273. The average Bonchev–Trinajstić information content (AvgIpc) is 1.99. The molecule has 1 atom stereocenters. The normalized spacial score (nSPS) is 14.7. The second kappa shape index (κ2) is 5.64. The molecule has 0 saturated carbocycles. The second-order valence-electron chi connectivity index (χ2n) is 5.24. The molecule has 0 aliphatic heterocycles. The molecular formula is C12H25NO3. The predicted molar refractivity (Wildman–Crippen MR) is 64.2 cm³/mol. The minimum absolute atomic E-state index is 0.0273. The van der Waals surface area contributed by atoms with Crippen molar-refractivity contribution in [3.8, 4) is 0 Å². The zero-order valence-electron chi connectivity index (χ0n) is 11.3. The molecule has 0 saturated heterocycles. The van der Waals surface area contributed by atoms with Crippen LogP contribution < -0.4 is 5.32 Å². The Morgan fingerprint density at radius 1 is 1.38 bits per heavy atom. The molecule has 0 fully saturated rings. The van der Waals surface area contributed by atoms with E-state index in [0.29, 0.717) is 13.0 Å². The van der Waals surface area contributed by atoms with E-state index in [2.05, 4.69) is 5.32 Å². The van der Waals surface area contributed by atoms with Crippen molar-refractivity contribution in [1.29, 1.82) is 0 Å². The van der Waals surface area contributed by atoms with Crippen LogP contribution in [0.1, 0.15) is 48.0 Å². The van der Waals surface area contributed by atoms with Crippen LogP contribution in [-0.2, 0) is 9.53 Å². The van der Waals surface area contributed by atoms with Crippen LogP contribution in [0.5, 0.6) is 0 Å². The monoisotopic (exact) mass is 231 g/mol. The third-order valence-electron chi connectivity index (χ3n) is 2.91. The summed E-state index contributed by atoms with van der Waals surface area (Å²) < 4.78 is 4.87. The van der Waals surface area contributed by atoms with Crippen molar-refractivity contribution < 1.29 is 14.6 Å². The van der Waals surface area contributed by atoms with Crippen molar-refractivity contribution >= 4 is 5.97 Å². The highest BCUT2D eigenvalue weighted by Crippen LogP contribution is 2.21. The van der Waals surface area contributed by atoms with Gasteiger partial charge in [-0.25, -0.2) is 0 Å². The van der Waals surface area contributed by atoms with E-state index in [-0.39, 0.29) is 12.0 Å². The molecule has 0 aromatic rings. The molecule has 0 aromatic heterocycles. The van der Waals surface area contributed by atoms with Gasteiger partial charge in [-0.15, -0.1) is 0 Å². The molecule has 2 N–H and O–H groups in total. The number of esters is 1. The molecule has 4 nitrogen and oxygen atoms in total. The van der Waals surface area contributed by atoms with Crippen LogP contribution in [0.25, 0.3) is 0 Å². The lowest BCUT2D eigenvalue weighted by atomic mass is 9.85. The number of hydrogen-bond donors (Lipinski definition) is 2. The summed E-state index contributed by atoms with van der Waals surface area (Å²) in [6.07, 6.45) is 0.313. The quantitative estimate of drug-likeness (QED) is 0.680. The summed E-state index contributed by atoms with van der Waals surface area (Å²) in [5.41, 5.74) is -1.31. The van der Waals surface area contributed by atoms with E-state index < -0.39 is 11.1 Å². The number of ether oxygens (including phenoxy) is 1. The first kappa shape index (κ1) is 15.4. The van der Waals surface area contributed by atoms with Crippen molar-refractivity contribution in [3.05, 3.63) is 0 Å². The lowest BCUT2D eigenvalue weighted by Crippen LogP contribution is -2.58. The Hall–Kier alpha value is -0.610. The number of hydrogen-bond acceptors (Lipinski definition) is 4. The molecule has 16 heavy (non-hydrogen) atoms. The first-order valence-corrected chi connectivity index (χ1v) is 5.76. The molecule has 0 bridgehead atoms. The van der Waals surface area contributed by atoms with Crippen molar-refractivity contribution in [3.63, 3.8) is 0 Å². The Labute approximate surface area is 98.4 Å². The molecular weight excluding hydrogens is 206 g/mol. The smallest absolute Gasteiger partial charge is 0.307 e. The molecule has 0 heterocycles. The summed E-state index contributed by atoms with van der Waals surface area (Å²) in [4.78, 5) is 11.3.